The highest BCUT2D eigenvalue weighted by molar-refractivity contribution is 8.00. The fraction of sp³-hybridized carbons (Fsp3) is 0.227. The molecule has 0 aliphatic rings. The van der Waals surface area contributed by atoms with Crippen LogP contribution in [-0.2, 0) is 14.8 Å². The Balaban J connectivity index is 1.68. The second-order valence-electron chi connectivity index (χ2n) is 7.27. The van der Waals surface area contributed by atoms with Gasteiger partial charge in [-0.2, -0.15) is 5.26 Å². The first kappa shape index (κ1) is 24.2. The monoisotopic (exact) mass is 482 g/mol. The van der Waals surface area contributed by atoms with Crippen LogP contribution in [0.15, 0.2) is 52.5 Å². The number of nitrogens with zero attached hydrogens (tertiary/aromatic N) is 4. The number of hydrogen-bond acceptors (Lipinski definition) is 8. The van der Waals surface area contributed by atoms with Crippen molar-refractivity contribution < 1.29 is 13.2 Å². The number of anilines is 2. The smallest absolute Gasteiger partial charge is 0.264 e. The summed E-state index contributed by atoms with van der Waals surface area (Å²) in [5, 5.41) is 12.1. The number of carbonyl (C=O) groups is 1. The zero-order valence-electron chi connectivity index (χ0n) is 18.4. The van der Waals surface area contributed by atoms with Crippen LogP contribution in [0, 0.1) is 32.1 Å². The van der Waals surface area contributed by atoms with Gasteiger partial charge < -0.3 is 5.32 Å². The lowest BCUT2D eigenvalue weighted by Gasteiger charge is -2.14. The summed E-state index contributed by atoms with van der Waals surface area (Å²) in [6, 6.07) is 11.4. The van der Waals surface area contributed by atoms with E-state index >= 15 is 0 Å². The summed E-state index contributed by atoms with van der Waals surface area (Å²) in [4.78, 5) is 25.0. The van der Waals surface area contributed by atoms with Crippen LogP contribution < -0.4 is 10.0 Å². The fourth-order valence-electron chi connectivity index (χ4n) is 2.88. The van der Waals surface area contributed by atoms with E-state index in [2.05, 4.69) is 31.1 Å². The zero-order chi connectivity index (χ0) is 24.2. The minimum atomic E-state index is -3.88. The van der Waals surface area contributed by atoms with Gasteiger partial charge in [0.2, 0.25) is 11.9 Å². The fourth-order valence-corrected chi connectivity index (χ4v) is 4.86. The van der Waals surface area contributed by atoms with Crippen molar-refractivity contribution in [1.82, 2.24) is 15.0 Å². The van der Waals surface area contributed by atoms with Crippen LogP contribution >= 0.6 is 11.8 Å². The maximum absolute atomic E-state index is 12.7. The van der Waals surface area contributed by atoms with Gasteiger partial charge in [-0.15, -0.1) is 0 Å². The lowest BCUT2D eigenvalue weighted by Crippen LogP contribution is -2.23. The van der Waals surface area contributed by atoms with Crippen molar-refractivity contribution in [3.63, 3.8) is 0 Å². The number of benzene rings is 1. The van der Waals surface area contributed by atoms with Gasteiger partial charge in [0.05, 0.1) is 15.7 Å². The maximum Gasteiger partial charge on any atom is 0.264 e. The van der Waals surface area contributed by atoms with Crippen LogP contribution in [0.5, 0.6) is 0 Å². The molecule has 2 aromatic heterocycles. The number of amides is 1. The van der Waals surface area contributed by atoms with E-state index in [1.807, 2.05) is 19.9 Å². The Labute approximate surface area is 196 Å². The van der Waals surface area contributed by atoms with Crippen molar-refractivity contribution in [1.29, 1.82) is 5.26 Å². The molecule has 1 aromatic carbocycles. The average Bonchev–Trinajstić information content (AvgIpc) is 2.73. The Kier molecular flexibility index (Phi) is 7.30. The van der Waals surface area contributed by atoms with Gasteiger partial charge in [-0.05, 0) is 69.7 Å². The molecule has 1 atom stereocenters. The molecule has 2 N–H and O–H groups in total. The third-order valence-electron chi connectivity index (χ3n) is 4.53. The maximum atomic E-state index is 12.7. The van der Waals surface area contributed by atoms with E-state index in [4.69, 9.17) is 0 Å². The van der Waals surface area contributed by atoms with Crippen molar-refractivity contribution in [3.05, 3.63) is 65.1 Å². The van der Waals surface area contributed by atoms with Gasteiger partial charge in [-0.1, -0.05) is 11.8 Å². The van der Waals surface area contributed by atoms with Gasteiger partial charge in [-0.25, -0.2) is 28.1 Å². The standard InChI is InChI=1S/C22H22N6O3S2/c1-13-11-15(3)25-21(19(13)12-23)32-16(4)20(29)27-17-5-7-18(8-6-17)33(30,31)28-22-24-10-9-14(2)26-22/h5-11,16H,1-4H3,(H,27,29)(H,24,26,28). The average molecular weight is 483 g/mol. The van der Waals surface area contributed by atoms with E-state index in [-0.39, 0.29) is 16.8 Å². The van der Waals surface area contributed by atoms with Gasteiger partial charge in [0.1, 0.15) is 11.1 Å². The van der Waals surface area contributed by atoms with Gasteiger partial charge >= 0.3 is 0 Å². The molecule has 1 unspecified atom stereocenters. The first-order valence-corrected chi connectivity index (χ1v) is 12.2. The molecule has 0 saturated heterocycles. The second kappa shape index (κ2) is 9.97. The van der Waals surface area contributed by atoms with Gasteiger partial charge in [-0.3, -0.25) is 4.79 Å². The van der Waals surface area contributed by atoms with E-state index in [0.717, 1.165) is 11.3 Å². The van der Waals surface area contributed by atoms with Crippen molar-refractivity contribution in [2.24, 2.45) is 0 Å². The Bertz CT molecular complexity index is 1340. The van der Waals surface area contributed by atoms with Crippen molar-refractivity contribution in [2.45, 2.75) is 42.9 Å². The molecule has 0 fully saturated rings. The lowest BCUT2D eigenvalue weighted by molar-refractivity contribution is -0.115. The number of aryl methyl sites for hydroxylation is 3. The molecule has 0 radical (unpaired) electrons. The molecule has 0 bridgehead atoms. The summed E-state index contributed by atoms with van der Waals surface area (Å²) in [7, 11) is -3.88. The van der Waals surface area contributed by atoms with E-state index in [0.29, 0.717) is 22.0 Å². The van der Waals surface area contributed by atoms with E-state index in [1.54, 1.807) is 19.9 Å². The summed E-state index contributed by atoms with van der Waals surface area (Å²) in [5.41, 5.74) is 3.09. The number of pyridine rings is 1. The largest absolute Gasteiger partial charge is 0.325 e. The number of carbonyl (C=O) groups excluding carboxylic acids is 1. The molecular weight excluding hydrogens is 460 g/mol. The molecule has 9 nitrogen and oxygen atoms in total. The molecule has 0 aliphatic heterocycles. The quantitative estimate of drug-likeness (QED) is 0.487. The lowest BCUT2D eigenvalue weighted by atomic mass is 10.1. The van der Waals surface area contributed by atoms with Gasteiger partial charge in [0, 0.05) is 23.3 Å². The minimum Gasteiger partial charge on any atom is -0.325 e. The Morgan fingerprint density at radius 2 is 1.79 bits per heavy atom. The Hall–Kier alpha value is -3.49. The Morgan fingerprint density at radius 1 is 1.09 bits per heavy atom. The van der Waals surface area contributed by atoms with Crippen molar-refractivity contribution in [3.8, 4) is 6.07 Å². The highest BCUT2D eigenvalue weighted by Gasteiger charge is 2.20. The zero-order valence-corrected chi connectivity index (χ0v) is 20.1. The van der Waals surface area contributed by atoms with E-state index in [1.165, 1.54) is 42.2 Å². The molecule has 11 heteroatoms. The van der Waals surface area contributed by atoms with Gasteiger partial charge in [0.15, 0.2) is 0 Å². The van der Waals surface area contributed by atoms with Crippen LogP contribution in [0.25, 0.3) is 0 Å². The normalized spacial score (nSPS) is 12.0. The SMILES string of the molecule is Cc1ccnc(NS(=O)(=O)c2ccc(NC(=O)C(C)Sc3nc(C)cc(C)c3C#N)cc2)n1. The number of thioether (sulfide) groups is 1. The van der Waals surface area contributed by atoms with Crippen LogP contribution in [0.2, 0.25) is 0 Å². The first-order valence-electron chi connectivity index (χ1n) is 9.87. The van der Waals surface area contributed by atoms with E-state index in [9.17, 15) is 18.5 Å². The van der Waals surface area contributed by atoms with Crippen LogP contribution in [0.4, 0.5) is 11.6 Å². The third-order valence-corrected chi connectivity index (χ3v) is 6.96. The third kappa shape index (κ3) is 6.06. The topological polar surface area (TPSA) is 138 Å². The number of rotatable bonds is 7. The van der Waals surface area contributed by atoms with Crippen LogP contribution in [-0.4, -0.2) is 34.5 Å². The predicted octanol–water partition coefficient (Wildman–Crippen LogP) is 3.59. The number of nitriles is 1. The first-order chi connectivity index (χ1) is 15.6. The molecule has 0 spiro atoms. The minimum absolute atomic E-state index is 0.00567. The Morgan fingerprint density at radius 3 is 2.42 bits per heavy atom. The number of sulfonamides is 1. The molecule has 0 saturated carbocycles. The summed E-state index contributed by atoms with van der Waals surface area (Å²) >= 11 is 1.19. The molecule has 3 aromatic rings. The number of nitrogens with one attached hydrogen (secondary N) is 2. The van der Waals surface area contributed by atoms with Gasteiger partial charge in [0.25, 0.3) is 10.0 Å². The molecule has 1 amide bonds. The van der Waals surface area contributed by atoms with Crippen LogP contribution in [0.3, 0.4) is 0 Å². The number of aromatic nitrogens is 3. The molecule has 2 heterocycles. The highest BCUT2D eigenvalue weighted by Crippen LogP contribution is 2.28. The molecule has 0 aliphatic carbocycles. The predicted molar refractivity (Wildman–Crippen MR) is 126 cm³/mol. The summed E-state index contributed by atoms with van der Waals surface area (Å²) in [5.74, 6) is -0.318. The molecule has 33 heavy (non-hydrogen) atoms. The highest BCUT2D eigenvalue weighted by atomic mass is 32.2. The van der Waals surface area contributed by atoms with E-state index < -0.39 is 15.3 Å². The number of hydrogen-bond donors (Lipinski definition) is 2. The van der Waals surface area contributed by atoms with Crippen molar-refractivity contribution >= 4 is 39.3 Å². The van der Waals surface area contributed by atoms with Crippen LogP contribution in [0.1, 0.15) is 29.4 Å². The second-order valence-corrected chi connectivity index (χ2v) is 10.3. The summed E-state index contributed by atoms with van der Waals surface area (Å²) in [6.07, 6.45) is 1.46. The molecule has 170 valence electrons. The summed E-state index contributed by atoms with van der Waals surface area (Å²) in [6.45, 7) is 7.11. The molecule has 3 rings (SSSR count). The summed E-state index contributed by atoms with van der Waals surface area (Å²) < 4.78 is 27.4. The van der Waals surface area contributed by atoms with Crippen molar-refractivity contribution in [2.75, 3.05) is 10.0 Å². The molecular formula is C22H22N6O3S2.